The molecule has 0 aliphatic carbocycles. The van der Waals surface area contributed by atoms with Crippen molar-refractivity contribution in [3.63, 3.8) is 0 Å². The van der Waals surface area contributed by atoms with Crippen molar-refractivity contribution in [2.24, 2.45) is 11.8 Å². The molecule has 4 aromatic rings. The van der Waals surface area contributed by atoms with Gasteiger partial charge in [-0.3, -0.25) is 9.59 Å². The first-order valence-corrected chi connectivity index (χ1v) is 18.9. The molecule has 0 radical (unpaired) electrons. The van der Waals surface area contributed by atoms with Gasteiger partial charge < -0.3 is 39.9 Å². The van der Waals surface area contributed by atoms with Crippen molar-refractivity contribution in [3.05, 3.63) is 82.7 Å². The summed E-state index contributed by atoms with van der Waals surface area (Å²) in [7, 11) is 2.56. The fourth-order valence-electron chi connectivity index (χ4n) is 7.14. The molecule has 4 unspecified atom stereocenters. The molecule has 2 saturated heterocycles. The van der Waals surface area contributed by atoms with E-state index in [0.717, 1.165) is 53.4 Å². The number of aromatic amines is 2. The number of amides is 4. The highest BCUT2D eigenvalue weighted by Crippen LogP contribution is 2.33. The van der Waals surface area contributed by atoms with E-state index in [0.29, 0.717) is 30.4 Å². The number of nitrogens with one attached hydrogen (secondary N) is 4. The van der Waals surface area contributed by atoms with E-state index in [-0.39, 0.29) is 35.7 Å². The lowest BCUT2D eigenvalue weighted by atomic mass is 10.0. The van der Waals surface area contributed by atoms with Gasteiger partial charge >= 0.3 is 12.2 Å². The van der Waals surface area contributed by atoms with Gasteiger partial charge in [-0.2, -0.15) is 0 Å². The molecule has 14 heteroatoms. The molecule has 4 N–H and O–H groups in total. The van der Waals surface area contributed by atoms with Crippen LogP contribution in [0.3, 0.4) is 0 Å². The molecule has 4 heterocycles. The second-order valence-corrected chi connectivity index (χ2v) is 14.7. The van der Waals surface area contributed by atoms with Crippen molar-refractivity contribution in [1.29, 1.82) is 0 Å². The van der Waals surface area contributed by atoms with Crippen LogP contribution in [0, 0.1) is 35.5 Å². The number of nitrogens with zero attached hydrogens (tertiary/aromatic N) is 4. The molecule has 4 atom stereocenters. The van der Waals surface area contributed by atoms with Crippen molar-refractivity contribution in [3.8, 4) is 23.7 Å². The predicted octanol–water partition coefficient (Wildman–Crippen LogP) is 5.17. The molecule has 2 aromatic heterocycles. The third-order valence-electron chi connectivity index (χ3n) is 10.2. The van der Waals surface area contributed by atoms with Crippen LogP contribution in [-0.2, 0) is 19.1 Å². The van der Waals surface area contributed by atoms with Gasteiger partial charge in [0.2, 0.25) is 11.8 Å². The van der Waals surface area contributed by atoms with Gasteiger partial charge in [0.05, 0.1) is 43.5 Å². The van der Waals surface area contributed by atoms with Crippen LogP contribution < -0.4 is 10.6 Å². The highest BCUT2D eigenvalue weighted by molar-refractivity contribution is 5.87. The Morgan fingerprint density at radius 2 is 1.21 bits per heavy atom. The number of alkyl carbamates (subject to hydrolysis) is 2. The second-order valence-electron chi connectivity index (χ2n) is 14.7. The topological polar surface area (TPSA) is 175 Å². The first-order chi connectivity index (χ1) is 26.9. The number of benzene rings is 2. The quantitative estimate of drug-likeness (QED) is 0.178. The zero-order valence-corrected chi connectivity index (χ0v) is 32.6. The second kappa shape index (κ2) is 17.5. The Morgan fingerprint density at radius 1 is 0.714 bits per heavy atom. The van der Waals surface area contributed by atoms with Gasteiger partial charge in [-0.25, -0.2) is 19.6 Å². The molecule has 2 aliphatic heterocycles. The summed E-state index contributed by atoms with van der Waals surface area (Å²) in [5.41, 5.74) is 4.70. The molecule has 0 saturated carbocycles. The lowest BCUT2D eigenvalue weighted by Gasteiger charge is -2.29. The zero-order valence-electron chi connectivity index (χ0n) is 32.6. The van der Waals surface area contributed by atoms with E-state index in [1.54, 1.807) is 16.0 Å². The summed E-state index contributed by atoms with van der Waals surface area (Å²) in [6.45, 7) is 8.72. The number of hydrogen-bond donors (Lipinski definition) is 4. The van der Waals surface area contributed by atoms with E-state index < -0.39 is 24.3 Å². The Balaban J connectivity index is 1.09. The fourth-order valence-corrected chi connectivity index (χ4v) is 7.14. The Bertz CT molecular complexity index is 2200. The van der Waals surface area contributed by atoms with Crippen LogP contribution in [0.25, 0.3) is 11.0 Å². The third kappa shape index (κ3) is 8.98. The third-order valence-corrected chi connectivity index (χ3v) is 10.2. The highest BCUT2D eigenvalue weighted by Gasteiger charge is 2.39. The zero-order chi connectivity index (χ0) is 39.9. The van der Waals surface area contributed by atoms with Crippen LogP contribution in [0.4, 0.5) is 9.59 Å². The smallest absolute Gasteiger partial charge is 0.407 e. The maximum atomic E-state index is 13.5. The van der Waals surface area contributed by atoms with E-state index in [1.165, 1.54) is 14.2 Å². The number of methoxy groups -OCH3 is 2. The van der Waals surface area contributed by atoms with Crippen molar-refractivity contribution in [2.45, 2.75) is 77.5 Å². The highest BCUT2D eigenvalue weighted by atomic mass is 16.5. The lowest BCUT2D eigenvalue weighted by Crippen LogP contribution is -2.51. The van der Waals surface area contributed by atoms with Gasteiger partial charge in [-0.05, 0) is 85.9 Å². The Kier molecular flexibility index (Phi) is 12.3. The summed E-state index contributed by atoms with van der Waals surface area (Å²) in [5, 5.41) is 5.36. The molecule has 6 rings (SSSR count). The maximum absolute atomic E-state index is 13.5. The largest absolute Gasteiger partial charge is 0.453 e. The van der Waals surface area contributed by atoms with Gasteiger partial charge in [-0.1, -0.05) is 45.5 Å². The van der Waals surface area contributed by atoms with E-state index in [4.69, 9.17) is 14.5 Å². The maximum Gasteiger partial charge on any atom is 0.407 e. The number of likely N-dealkylation sites (tertiary alicyclic amines) is 2. The summed E-state index contributed by atoms with van der Waals surface area (Å²) in [5.74, 6) is 13.6. The number of ether oxygens (including phenoxy) is 2. The molecular weight excluding hydrogens is 713 g/mol. The number of carbonyl (C=O) groups is 4. The van der Waals surface area contributed by atoms with Crippen LogP contribution in [0.1, 0.15) is 99.5 Å². The van der Waals surface area contributed by atoms with Crippen LogP contribution in [0.2, 0.25) is 0 Å². The number of H-pyrrole nitrogens is 2. The summed E-state index contributed by atoms with van der Waals surface area (Å²) >= 11 is 0. The summed E-state index contributed by atoms with van der Waals surface area (Å²) in [6, 6.07) is 11.6. The lowest BCUT2D eigenvalue weighted by molar-refractivity contribution is -0.136. The van der Waals surface area contributed by atoms with Gasteiger partial charge in [-0.15, -0.1) is 0 Å². The normalized spacial score (nSPS) is 17.5. The monoisotopic (exact) mass is 760 g/mol. The van der Waals surface area contributed by atoms with Crippen molar-refractivity contribution < 1.29 is 28.7 Å². The van der Waals surface area contributed by atoms with Crippen LogP contribution >= 0.6 is 0 Å². The Labute approximate surface area is 326 Å². The molecule has 56 heavy (non-hydrogen) atoms. The number of imidazole rings is 2. The predicted molar refractivity (Wildman–Crippen MR) is 209 cm³/mol. The molecule has 0 spiro atoms. The van der Waals surface area contributed by atoms with Crippen LogP contribution in [-0.4, -0.2) is 93.1 Å². The van der Waals surface area contributed by atoms with Crippen LogP contribution in [0.15, 0.2) is 48.7 Å². The van der Waals surface area contributed by atoms with Crippen molar-refractivity contribution in [1.82, 2.24) is 40.4 Å². The average molecular weight is 761 g/mol. The van der Waals surface area contributed by atoms with Gasteiger partial charge in [0.1, 0.15) is 29.4 Å². The summed E-state index contributed by atoms with van der Waals surface area (Å²) in [6.07, 6.45) is 3.60. The number of hydrogen-bond acceptors (Lipinski definition) is 8. The van der Waals surface area contributed by atoms with Crippen molar-refractivity contribution >= 4 is 35.0 Å². The van der Waals surface area contributed by atoms with E-state index in [2.05, 4.69) is 49.3 Å². The number of rotatable bonds is 8. The number of carbonyl (C=O) groups excluding carboxylic acids is 4. The van der Waals surface area contributed by atoms with E-state index >= 15 is 0 Å². The van der Waals surface area contributed by atoms with Gasteiger partial charge in [0, 0.05) is 29.8 Å². The van der Waals surface area contributed by atoms with E-state index in [9.17, 15) is 19.2 Å². The van der Waals surface area contributed by atoms with Gasteiger partial charge in [0.25, 0.3) is 0 Å². The van der Waals surface area contributed by atoms with E-state index in [1.807, 2.05) is 70.2 Å². The standard InChI is InChI=1S/C42H48N8O6/c1-25(2)35(47-41(53)55-5)39(51)49-21-7-9-33(49)37-43-24-30(44-37)19-17-28-13-11-27(12-14-28)15-16-29-18-20-31-32(23-29)46-38(45-31)34-10-8-22-50(34)40(52)36(26(3)4)48-42(54)56-6/h11-14,18,20,23-26,33-36H,7-10,21-22H2,1-6H3,(H,43,44)(H,45,46)(H,47,53)(H,48,54). The SMILES string of the molecule is COC(=O)NC(C(=O)N1CCCC1c1ncc(C#Cc2ccc(C#Cc3ccc4nc(C5CCCN5C(=O)C(NC(=O)OC)C(C)C)[nH]c4c3)cc2)[nH]1)C(C)C. The first kappa shape index (κ1) is 39.4. The molecule has 0 bridgehead atoms. The molecule has 2 fully saturated rings. The Hall–Kier alpha value is -6.28. The minimum absolute atomic E-state index is 0.113. The Morgan fingerprint density at radius 3 is 1.75 bits per heavy atom. The molecular formula is C42H48N8O6. The minimum atomic E-state index is -0.699. The van der Waals surface area contributed by atoms with Crippen LogP contribution in [0.5, 0.6) is 0 Å². The van der Waals surface area contributed by atoms with Crippen molar-refractivity contribution in [2.75, 3.05) is 27.3 Å². The summed E-state index contributed by atoms with van der Waals surface area (Å²) in [4.78, 5) is 70.4. The number of aromatic nitrogens is 4. The summed E-state index contributed by atoms with van der Waals surface area (Å²) < 4.78 is 9.48. The first-order valence-electron chi connectivity index (χ1n) is 18.9. The molecule has 14 nitrogen and oxygen atoms in total. The van der Waals surface area contributed by atoms with Gasteiger partial charge in [0.15, 0.2) is 0 Å². The molecule has 2 aliphatic rings. The number of fused-ring (bicyclic) bond motifs is 1. The minimum Gasteiger partial charge on any atom is -0.453 e. The molecule has 2 aromatic carbocycles. The molecule has 4 amide bonds. The average Bonchev–Trinajstić information content (AvgIpc) is 4.03. The fraction of sp³-hybridized carbons (Fsp3) is 0.429. The molecule has 292 valence electrons.